The zero-order chi connectivity index (χ0) is 18.2. The van der Waals surface area contributed by atoms with Gasteiger partial charge in [-0.3, -0.25) is 24.6 Å². The van der Waals surface area contributed by atoms with Crippen molar-refractivity contribution >= 4 is 28.2 Å². The predicted octanol–water partition coefficient (Wildman–Crippen LogP) is 3.02. The second kappa shape index (κ2) is 5.97. The lowest BCUT2D eigenvalue weighted by Gasteiger charge is -2.24. The highest BCUT2D eigenvalue weighted by Gasteiger charge is 2.32. The van der Waals surface area contributed by atoms with Crippen molar-refractivity contribution in [3.8, 4) is 0 Å². The molecule has 8 heteroatoms. The van der Waals surface area contributed by atoms with Crippen molar-refractivity contribution in [3.05, 3.63) is 58.5 Å². The van der Waals surface area contributed by atoms with Crippen molar-refractivity contribution in [1.29, 1.82) is 0 Å². The maximum absolute atomic E-state index is 12.8. The summed E-state index contributed by atoms with van der Waals surface area (Å²) < 4.78 is 1.29. The monoisotopic (exact) mass is 339 g/mol. The average Bonchev–Trinajstić information content (AvgIpc) is 3.08. The lowest BCUT2D eigenvalue weighted by Crippen LogP contribution is -2.40. The van der Waals surface area contributed by atoms with Gasteiger partial charge in [0.15, 0.2) is 0 Å². The Bertz CT molecular complexity index is 977. The molecule has 1 N–H and O–H groups in total. The number of aryl methyl sites for hydroxylation is 1. The molecule has 2 aromatic heterocycles. The molecule has 0 aliphatic carbocycles. The summed E-state index contributed by atoms with van der Waals surface area (Å²) in [5, 5.41) is 18.5. The Morgan fingerprint density at radius 2 is 2.08 bits per heavy atom. The molecule has 8 nitrogen and oxygen atoms in total. The largest absolute Gasteiger partial charge is 0.323 e. The van der Waals surface area contributed by atoms with E-state index in [9.17, 15) is 14.9 Å². The van der Waals surface area contributed by atoms with Crippen molar-refractivity contribution < 1.29 is 9.72 Å². The lowest BCUT2D eigenvalue weighted by molar-refractivity contribution is -0.385. The van der Waals surface area contributed by atoms with Crippen LogP contribution >= 0.6 is 0 Å². The molecule has 1 aromatic carbocycles. The predicted molar refractivity (Wildman–Crippen MR) is 93.3 cm³/mol. The van der Waals surface area contributed by atoms with E-state index in [2.05, 4.69) is 15.4 Å². The average molecular weight is 339 g/mol. The normalized spacial score (nSPS) is 11.5. The van der Waals surface area contributed by atoms with E-state index in [1.54, 1.807) is 26.1 Å². The van der Waals surface area contributed by atoms with Crippen molar-refractivity contribution in [3.63, 3.8) is 0 Å². The first-order chi connectivity index (χ1) is 11.8. The van der Waals surface area contributed by atoms with Crippen LogP contribution in [0.25, 0.3) is 10.9 Å². The molecule has 0 spiro atoms. The molecule has 0 atom stereocenters. The van der Waals surface area contributed by atoms with E-state index in [1.165, 1.54) is 10.9 Å². The van der Waals surface area contributed by atoms with Crippen LogP contribution in [-0.2, 0) is 10.3 Å². The van der Waals surface area contributed by atoms with Gasteiger partial charge in [-0.2, -0.15) is 5.10 Å². The van der Waals surface area contributed by atoms with E-state index in [0.717, 1.165) is 22.7 Å². The van der Waals surface area contributed by atoms with E-state index in [0.29, 0.717) is 5.69 Å². The van der Waals surface area contributed by atoms with Crippen LogP contribution in [-0.4, -0.2) is 25.6 Å². The molecule has 0 unspecified atom stereocenters. The Kier molecular flexibility index (Phi) is 3.96. The minimum absolute atomic E-state index is 0.161. The van der Waals surface area contributed by atoms with Gasteiger partial charge in [0.25, 0.3) is 5.91 Å². The summed E-state index contributed by atoms with van der Waals surface area (Å²) in [7, 11) is 0. The van der Waals surface area contributed by atoms with Crippen LogP contribution in [0.2, 0.25) is 0 Å². The fourth-order valence-corrected chi connectivity index (χ4v) is 2.52. The molecule has 1 amide bonds. The number of aromatic nitrogens is 3. The van der Waals surface area contributed by atoms with Crippen molar-refractivity contribution in [2.24, 2.45) is 0 Å². The van der Waals surface area contributed by atoms with Crippen LogP contribution in [0.5, 0.6) is 0 Å². The lowest BCUT2D eigenvalue weighted by atomic mass is 10.0. The van der Waals surface area contributed by atoms with Gasteiger partial charge in [-0.05, 0) is 44.5 Å². The number of anilines is 1. The number of hydrogen-bond acceptors (Lipinski definition) is 5. The van der Waals surface area contributed by atoms with Gasteiger partial charge in [0, 0.05) is 11.6 Å². The van der Waals surface area contributed by atoms with E-state index >= 15 is 0 Å². The van der Waals surface area contributed by atoms with Crippen LogP contribution < -0.4 is 5.32 Å². The van der Waals surface area contributed by atoms with Gasteiger partial charge < -0.3 is 5.32 Å². The molecule has 0 bridgehead atoms. The number of fused-ring (bicyclic) bond motifs is 1. The first-order valence-corrected chi connectivity index (χ1v) is 7.66. The zero-order valence-corrected chi connectivity index (χ0v) is 14.1. The SMILES string of the molecule is Cc1ccc(NC(=O)C(C)(C)n2cc([N+](=O)[O-])cn2)c2cccnc12. The molecule has 2 heterocycles. The summed E-state index contributed by atoms with van der Waals surface area (Å²) in [5.41, 5.74) is 1.19. The fraction of sp³-hybridized carbons (Fsp3) is 0.235. The van der Waals surface area contributed by atoms with Crippen LogP contribution in [0, 0.1) is 17.0 Å². The van der Waals surface area contributed by atoms with Crippen LogP contribution in [0.1, 0.15) is 19.4 Å². The standard InChI is InChI=1S/C17H17N5O3/c1-11-6-7-14(13-5-4-8-18-15(11)13)20-16(23)17(2,3)21-10-12(9-19-21)22(24)25/h4-10H,1-3H3,(H,20,23). The number of nitro groups is 1. The van der Waals surface area contributed by atoms with E-state index in [-0.39, 0.29) is 11.6 Å². The van der Waals surface area contributed by atoms with Crippen molar-refractivity contribution in [2.45, 2.75) is 26.3 Å². The zero-order valence-electron chi connectivity index (χ0n) is 14.1. The molecule has 3 aromatic rings. The second-order valence-electron chi connectivity index (χ2n) is 6.24. The second-order valence-corrected chi connectivity index (χ2v) is 6.24. The number of rotatable bonds is 4. The first kappa shape index (κ1) is 16.6. The summed E-state index contributed by atoms with van der Waals surface area (Å²) in [5.74, 6) is -0.334. The molecule has 0 fully saturated rings. The molecule has 0 radical (unpaired) electrons. The number of nitrogens with one attached hydrogen (secondary N) is 1. The third-order valence-electron chi connectivity index (χ3n) is 4.13. The third-order valence-corrected chi connectivity index (χ3v) is 4.13. The van der Waals surface area contributed by atoms with E-state index in [4.69, 9.17) is 0 Å². The van der Waals surface area contributed by atoms with Crippen LogP contribution in [0.3, 0.4) is 0 Å². The minimum Gasteiger partial charge on any atom is -0.323 e. The van der Waals surface area contributed by atoms with Crippen molar-refractivity contribution in [2.75, 3.05) is 5.32 Å². The molecular formula is C17H17N5O3. The van der Waals surface area contributed by atoms with Crippen molar-refractivity contribution in [1.82, 2.24) is 14.8 Å². The Balaban J connectivity index is 1.93. The van der Waals surface area contributed by atoms with Gasteiger partial charge in [0.2, 0.25) is 0 Å². The van der Waals surface area contributed by atoms with Gasteiger partial charge in [-0.15, -0.1) is 0 Å². The first-order valence-electron chi connectivity index (χ1n) is 7.66. The molecule has 0 saturated heterocycles. The van der Waals surface area contributed by atoms with Gasteiger partial charge in [0.05, 0.1) is 16.1 Å². The molecule has 25 heavy (non-hydrogen) atoms. The van der Waals surface area contributed by atoms with Gasteiger partial charge in [-0.1, -0.05) is 6.07 Å². The highest BCUT2D eigenvalue weighted by molar-refractivity contribution is 6.04. The Morgan fingerprint density at radius 3 is 2.76 bits per heavy atom. The summed E-state index contributed by atoms with van der Waals surface area (Å²) >= 11 is 0. The van der Waals surface area contributed by atoms with E-state index < -0.39 is 10.5 Å². The number of nitrogens with zero attached hydrogens (tertiary/aromatic N) is 4. The third kappa shape index (κ3) is 2.93. The Hall–Kier alpha value is -3.29. The maximum atomic E-state index is 12.8. The quantitative estimate of drug-likeness (QED) is 0.581. The maximum Gasteiger partial charge on any atom is 0.307 e. The fourth-order valence-electron chi connectivity index (χ4n) is 2.52. The summed E-state index contributed by atoms with van der Waals surface area (Å²) in [6.07, 6.45) is 4.07. The van der Waals surface area contributed by atoms with Crippen LogP contribution in [0.4, 0.5) is 11.4 Å². The Labute approximate surface area is 143 Å². The molecule has 3 rings (SSSR count). The number of carbonyl (C=O) groups is 1. The number of carbonyl (C=O) groups excluding carboxylic acids is 1. The van der Waals surface area contributed by atoms with E-state index in [1.807, 2.05) is 25.1 Å². The van der Waals surface area contributed by atoms with Gasteiger partial charge >= 0.3 is 5.69 Å². The number of amides is 1. The van der Waals surface area contributed by atoms with Gasteiger partial charge in [-0.25, -0.2) is 0 Å². The number of pyridine rings is 1. The Morgan fingerprint density at radius 1 is 1.32 bits per heavy atom. The minimum atomic E-state index is -1.10. The highest BCUT2D eigenvalue weighted by Crippen LogP contribution is 2.27. The molecule has 0 saturated carbocycles. The highest BCUT2D eigenvalue weighted by atomic mass is 16.6. The number of benzene rings is 1. The molecule has 0 aliphatic rings. The molecule has 0 aliphatic heterocycles. The number of hydrogen-bond donors (Lipinski definition) is 1. The summed E-state index contributed by atoms with van der Waals surface area (Å²) in [6.45, 7) is 5.25. The van der Waals surface area contributed by atoms with Gasteiger partial charge in [0.1, 0.15) is 17.9 Å². The summed E-state index contributed by atoms with van der Waals surface area (Å²) in [6, 6.07) is 7.39. The smallest absolute Gasteiger partial charge is 0.307 e. The summed E-state index contributed by atoms with van der Waals surface area (Å²) in [4.78, 5) is 27.4. The van der Waals surface area contributed by atoms with Crippen LogP contribution in [0.15, 0.2) is 42.9 Å². The molecule has 128 valence electrons. The topological polar surface area (TPSA) is 103 Å². The molecular weight excluding hydrogens is 322 g/mol.